The van der Waals surface area contributed by atoms with Gasteiger partial charge in [0.1, 0.15) is 5.76 Å². The van der Waals surface area contributed by atoms with E-state index in [0.717, 1.165) is 24.8 Å². The van der Waals surface area contributed by atoms with E-state index in [9.17, 15) is 4.79 Å². The lowest BCUT2D eigenvalue weighted by molar-refractivity contribution is -0.142. The van der Waals surface area contributed by atoms with Crippen LogP contribution in [-0.4, -0.2) is 5.97 Å². The second-order valence-corrected chi connectivity index (χ2v) is 4.79. The number of hydrogen-bond acceptors (Lipinski definition) is 2. The maximum atomic E-state index is 11.9. The number of cyclic esters (lactones) is 1. The number of carbonyl (C=O) groups is 1. The third-order valence-electron chi connectivity index (χ3n) is 3.23. The Morgan fingerprint density at radius 1 is 1.24 bits per heavy atom. The van der Waals surface area contributed by atoms with Crippen LogP contribution in [0, 0.1) is 5.41 Å². The first-order valence-electron chi connectivity index (χ1n) is 6.16. The molecule has 1 aliphatic rings. The average Bonchev–Trinajstić information content (AvgIpc) is 2.65. The average molecular weight is 230 g/mol. The zero-order valence-electron chi connectivity index (χ0n) is 10.4. The summed E-state index contributed by atoms with van der Waals surface area (Å²) in [5.74, 6) is 0.582. The molecule has 1 atom stereocenters. The quantitative estimate of drug-likeness (QED) is 0.736. The van der Waals surface area contributed by atoms with Crippen LogP contribution in [0.5, 0.6) is 0 Å². The van der Waals surface area contributed by atoms with Crippen LogP contribution in [0.3, 0.4) is 0 Å². The maximum absolute atomic E-state index is 11.9. The Morgan fingerprint density at radius 2 is 1.94 bits per heavy atom. The summed E-state index contributed by atoms with van der Waals surface area (Å²) in [5.41, 5.74) is 0.530. The summed E-state index contributed by atoms with van der Waals surface area (Å²) in [7, 11) is 0. The van der Waals surface area contributed by atoms with Gasteiger partial charge in [0.05, 0.1) is 5.41 Å². The summed E-state index contributed by atoms with van der Waals surface area (Å²) in [6, 6.07) is 9.78. The Hall–Kier alpha value is -1.57. The Kier molecular flexibility index (Phi) is 3.32. The van der Waals surface area contributed by atoms with Crippen LogP contribution in [0.25, 0.3) is 5.76 Å². The Labute approximate surface area is 102 Å². The number of unbranched alkanes of at least 4 members (excludes halogenated alkanes) is 1. The van der Waals surface area contributed by atoms with Crippen molar-refractivity contribution in [3.05, 3.63) is 42.0 Å². The standard InChI is InChI=1S/C15H18O2/c1-3-4-10-15(2)11-13(17-14(15)16)12-8-6-5-7-9-12/h5-9,11H,3-4,10H2,1-2H3. The van der Waals surface area contributed by atoms with Crippen molar-refractivity contribution >= 4 is 11.7 Å². The van der Waals surface area contributed by atoms with E-state index in [0.29, 0.717) is 5.76 Å². The Bertz CT molecular complexity index is 433. The molecule has 2 nitrogen and oxygen atoms in total. The topological polar surface area (TPSA) is 26.3 Å². The molecule has 0 radical (unpaired) electrons. The predicted molar refractivity (Wildman–Crippen MR) is 68.1 cm³/mol. The van der Waals surface area contributed by atoms with Crippen molar-refractivity contribution in [1.82, 2.24) is 0 Å². The van der Waals surface area contributed by atoms with Crippen LogP contribution in [0.15, 0.2) is 36.4 Å². The lowest BCUT2D eigenvalue weighted by atomic mass is 9.85. The molecular formula is C15H18O2. The van der Waals surface area contributed by atoms with E-state index >= 15 is 0 Å². The highest BCUT2D eigenvalue weighted by molar-refractivity contribution is 5.90. The normalized spacial score (nSPS) is 23.4. The summed E-state index contributed by atoms with van der Waals surface area (Å²) < 4.78 is 5.38. The highest BCUT2D eigenvalue weighted by atomic mass is 16.5. The number of hydrogen-bond donors (Lipinski definition) is 0. The van der Waals surface area contributed by atoms with Gasteiger partial charge in [-0.2, -0.15) is 0 Å². The fraction of sp³-hybridized carbons (Fsp3) is 0.400. The van der Waals surface area contributed by atoms with E-state index in [2.05, 4.69) is 6.92 Å². The van der Waals surface area contributed by atoms with E-state index in [1.54, 1.807) is 0 Å². The van der Waals surface area contributed by atoms with Gasteiger partial charge in [-0.15, -0.1) is 0 Å². The molecule has 0 aliphatic carbocycles. The molecule has 0 aromatic heterocycles. The molecule has 1 aliphatic heterocycles. The number of esters is 1. The second-order valence-electron chi connectivity index (χ2n) is 4.79. The Balaban J connectivity index is 2.22. The molecule has 0 fully saturated rings. The first-order valence-corrected chi connectivity index (χ1v) is 6.16. The Morgan fingerprint density at radius 3 is 2.59 bits per heavy atom. The van der Waals surface area contributed by atoms with Crippen LogP contribution in [0.1, 0.15) is 38.7 Å². The van der Waals surface area contributed by atoms with Gasteiger partial charge in [0.2, 0.25) is 0 Å². The number of benzene rings is 1. The third kappa shape index (κ3) is 2.41. The van der Waals surface area contributed by atoms with Gasteiger partial charge in [0.15, 0.2) is 0 Å². The molecule has 17 heavy (non-hydrogen) atoms. The van der Waals surface area contributed by atoms with Crippen molar-refractivity contribution in [2.24, 2.45) is 5.41 Å². The lowest BCUT2D eigenvalue weighted by Crippen LogP contribution is -2.21. The second kappa shape index (κ2) is 4.74. The van der Waals surface area contributed by atoms with Crippen LogP contribution in [0.4, 0.5) is 0 Å². The van der Waals surface area contributed by atoms with Gasteiger partial charge in [-0.25, -0.2) is 0 Å². The minimum atomic E-state index is -0.443. The molecule has 90 valence electrons. The van der Waals surface area contributed by atoms with Gasteiger partial charge < -0.3 is 4.74 Å². The molecule has 0 bridgehead atoms. The van der Waals surface area contributed by atoms with Crippen molar-refractivity contribution in [3.8, 4) is 0 Å². The third-order valence-corrected chi connectivity index (χ3v) is 3.23. The molecule has 1 heterocycles. The highest BCUT2D eigenvalue weighted by Crippen LogP contribution is 2.38. The smallest absolute Gasteiger partial charge is 0.321 e. The molecule has 0 N–H and O–H groups in total. The number of rotatable bonds is 4. The molecule has 0 spiro atoms. The summed E-state index contributed by atoms with van der Waals surface area (Å²) in [6.07, 6.45) is 4.97. The molecule has 1 aromatic rings. The summed E-state index contributed by atoms with van der Waals surface area (Å²) in [4.78, 5) is 11.9. The zero-order chi connectivity index (χ0) is 12.3. The minimum Gasteiger partial charge on any atom is -0.426 e. The van der Waals surface area contributed by atoms with Crippen LogP contribution >= 0.6 is 0 Å². The molecule has 2 heteroatoms. The minimum absolute atomic E-state index is 0.121. The van der Waals surface area contributed by atoms with Crippen molar-refractivity contribution in [3.63, 3.8) is 0 Å². The maximum Gasteiger partial charge on any atom is 0.321 e. The SMILES string of the molecule is CCCCC1(C)C=C(c2ccccc2)OC1=O. The number of ether oxygens (including phenoxy) is 1. The highest BCUT2D eigenvalue weighted by Gasteiger charge is 2.39. The molecule has 2 rings (SSSR count). The monoisotopic (exact) mass is 230 g/mol. The van der Waals surface area contributed by atoms with Crippen LogP contribution in [0.2, 0.25) is 0 Å². The van der Waals surface area contributed by atoms with E-state index in [4.69, 9.17) is 4.74 Å². The lowest BCUT2D eigenvalue weighted by Gasteiger charge is -2.16. The van der Waals surface area contributed by atoms with Crippen LogP contribution in [-0.2, 0) is 9.53 Å². The molecule has 1 aromatic carbocycles. The predicted octanol–water partition coefficient (Wildman–Crippen LogP) is 3.78. The first-order chi connectivity index (χ1) is 8.15. The summed E-state index contributed by atoms with van der Waals surface area (Å²) >= 11 is 0. The summed E-state index contributed by atoms with van der Waals surface area (Å²) in [5, 5.41) is 0. The summed E-state index contributed by atoms with van der Waals surface area (Å²) in [6.45, 7) is 4.09. The largest absolute Gasteiger partial charge is 0.426 e. The van der Waals surface area contributed by atoms with Gasteiger partial charge in [-0.05, 0) is 19.4 Å². The fourth-order valence-electron chi connectivity index (χ4n) is 2.06. The molecular weight excluding hydrogens is 212 g/mol. The van der Waals surface area contributed by atoms with E-state index in [1.807, 2.05) is 43.3 Å². The van der Waals surface area contributed by atoms with Gasteiger partial charge in [-0.1, -0.05) is 50.1 Å². The van der Waals surface area contributed by atoms with Crippen molar-refractivity contribution in [1.29, 1.82) is 0 Å². The molecule has 1 unspecified atom stereocenters. The van der Waals surface area contributed by atoms with Crippen molar-refractivity contribution in [2.45, 2.75) is 33.1 Å². The van der Waals surface area contributed by atoms with Gasteiger partial charge in [0.25, 0.3) is 0 Å². The number of carbonyl (C=O) groups excluding carboxylic acids is 1. The van der Waals surface area contributed by atoms with E-state index < -0.39 is 5.41 Å². The van der Waals surface area contributed by atoms with E-state index in [1.165, 1.54) is 0 Å². The first kappa shape index (κ1) is 11.9. The molecule has 0 saturated carbocycles. The van der Waals surface area contributed by atoms with Gasteiger partial charge in [0, 0.05) is 5.56 Å². The molecule has 0 saturated heterocycles. The van der Waals surface area contributed by atoms with Crippen LogP contribution < -0.4 is 0 Å². The molecule has 0 amide bonds. The zero-order valence-corrected chi connectivity index (χ0v) is 10.4. The van der Waals surface area contributed by atoms with E-state index in [-0.39, 0.29) is 5.97 Å². The van der Waals surface area contributed by atoms with Crippen molar-refractivity contribution < 1.29 is 9.53 Å². The van der Waals surface area contributed by atoms with Gasteiger partial charge in [-0.3, -0.25) is 4.79 Å². The fourth-order valence-corrected chi connectivity index (χ4v) is 2.06. The van der Waals surface area contributed by atoms with Gasteiger partial charge >= 0.3 is 5.97 Å². The van der Waals surface area contributed by atoms with Crippen molar-refractivity contribution in [2.75, 3.05) is 0 Å².